The van der Waals surface area contributed by atoms with Crippen molar-refractivity contribution >= 4 is 6.09 Å². The number of carbonyl (C=O) groups is 1. The third-order valence-electron chi connectivity index (χ3n) is 4.36. The highest BCUT2D eigenvalue weighted by Gasteiger charge is 2.32. The highest BCUT2D eigenvalue weighted by molar-refractivity contribution is 5.68. The molecule has 25 heavy (non-hydrogen) atoms. The number of carbonyl (C=O) groups excluding carboxylic acids is 1. The summed E-state index contributed by atoms with van der Waals surface area (Å²) in [7, 11) is 1.41. The van der Waals surface area contributed by atoms with E-state index in [0.29, 0.717) is 25.5 Å². The molecule has 1 unspecified atom stereocenters. The number of para-hydroxylation sites is 1. The number of rotatable bonds is 5. The lowest BCUT2D eigenvalue weighted by Gasteiger charge is -2.33. The summed E-state index contributed by atoms with van der Waals surface area (Å²) >= 11 is 0. The Kier molecular flexibility index (Phi) is 5.53. The van der Waals surface area contributed by atoms with Crippen LogP contribution in [0, 0.1) is 0 Å². The first-order chi connectivity index (χ1) is 12.2. The third-order valence-corrected chi connectivity index (χ3v) is 4.36. The van der Waals surface area contributed by atoms with Crippen molar-refractivity contribution in [3.8, 4) is 5.75 Å². The molecular formula is C18H24N4O3. The monoisotopic (exact) mass is 344 g/mol. The smallest absolute Gasteiger partial charge is 0.410 e. The van der Waals surface area contributed by atoms with E-state index in [-0.39, 0.29) is 12.1 Å². The molecule has 7 nitrogen and oxygen atoms in total. The number of hydrogen-bond acceptors (Lipinski definition) is 5. The Morgan fingerprint density at radius 2 is 2.08 bits per heavy atom. The van der Waals surface area contributed by atoms with Crippen LogP contribution in [0.25, 0.3) is 0 Å². The van der Waals surface area contributed by atoms with Crippen molar-refractivity contribution in [1.82, 2.24) is 19.7 Å². The van der Waals surface area contributed by atoms with Gasteiger partial charge in [0, 0.05) is 13.1 Å². The van der Waals surface area contributed by atoms with Crippen molar-refractivity contribution in [3.63, 3.8) is 0 Å². The van der Waals surface area contributed by atoms with Crippen molar-refractivity contribution in [3.05, 3.63) is 42.0 Å². The van der Waals surface area contributed by atoms with Gasteiger partial charge in [0.05, 0.1) is 13.2 Å². The van der Waals surface area contributed by atoms with Crippen LogP contribution in [0.1, 0.15) is 43.9 Å². The Balaban J connectivity index is 1.78. The van der Waals surface area contributed by atoms with Crippen molar-refractivity contribution in [1.29, 1.82) is 0 Å². The fourth-order valence-electron chi connectivity index (χ4n) is 3.14. The highest BCUT2D eigenvalue weighted by atomic mass is 16.5. The Labute approximate surface area is 147 Å². The van der Waals surface area contributed by atoms with Gasteiger partial charge in [-0.3, -0.25) is 4.90 Å². The summed E-state index contributed by atoms with van der Waals surface area (Å²) in [5.41, 5.74) is 0. The highest BCUT2D eigenvalue weighted by Crippen LogP contribution is 2.30. The van der Waals surface area contributed by atoms with Crippen molar-refractivity contribution in [2.24, 2.45) is 0 Å². The fourth-order valence-corrected chi connectivity index (χ4v) is 3.14. The van der Waals surface area contributed by atoms with E-state index in [0.717, 1.165) is 30.8 Å². The number of benzene rings is 1. The second-order valence-corrected chi connectivity index (χ2v) is 5.98. The predicted octanol–water partition coefficient (Wildman–Crippen LogP) is 3.17. The Hall–Kier alpha value is -2.57. The van der Waals surface area contributed by atoms with Gasteiger partial charge in [0.1, 0.15) is 18.2 Å². The maximum atomic E-state index is 12.1. The number of methoxy groups -OCH3 is 1. The number of aromatic nitrogens is 3. The SMILES string of the molecule is CCn1nc(COc2ccccc2)nc1C1CCCCN1C(=O)OC. The van der Waals surface area contributed by atoms with Gasteiger partial charge in [0.15, 0.2) is 5.82 Å². The molecule has 2 aromatic rings. The van der Waals surface area contributed by atoms with Gasteiger partial charge >= 0.3 is 6.09 Å². The molecule has 0 spiro atoms. The number of likely N-dealkylation sites (tertiary alicyclic amines) is 1. The molecule has 0 aliphatic carbocycles. The van der Waals surface area contributed by atoms with Gasteiger partial charge in [-0.1, -0.05) is 18.2 Å². The Morgan fingerprint density at radius 3 is 2.80 bits per heavy atom. The zero-order valence-corrected chi connectivity index (χ0v) is 14.7. The molecule has 0 N–H and O–H groups in total. The molecule has 0 radical (unpaired) electrons. The van der Waals surface area contributed by atoms with Crippen LogP contribution in [-0.4, -0.2) is 39.4 Å². The van der Waals surface area contributed by atoms with Crippen LogP contribution in [-0.2, 0) is 17.9 Å². The quantitative estimate of drug-likeness (QED) is 0.833. The molecule has 0 saturated carbocycles. The van der Waals surface area contributed by atoms with Crippen LogP contribution in [0.3, 0.4) is 0 Å². The van der Waals surface area contributed by atoms with E-state index in [4.69, 9.17) is 9.47 Å². The Morgan fingerprint density at radius 1 is 1.28 bits per heavy atom. The van der Waals surface area contributed by atoms with Crippen molar-refractivity contribution in [2.75, 3.05) is 13.7 Å². The van der Waals surface area contributed by atoms with E-state index in [9.17, 15) is 4.79 Å². The summed E-state index contributed by atoms with van der Waals surface area (Å²) in [5, 5.41) is 4.54. The maximum Gasteiger partial charge on any atom is 0.410 e. The van der Waals surface area contributed by atoms with Gasteiger partial charge in [0.25, 0.3) is 0 Å². The molecule has 1 saturated heterocycles. The minimum atomic E-state index is -0.308. The minimum absolute atomic E-state index is 0.0980. The molecule has 1 amide bonds. The lowest BCUT2D eigenvalue weighted by Crippen LogP contribution is -2.39. The van der Waals surface area contributed by atoms with Gasteiger partial charge in [-0.05, 0) is 38.3 Å². The summed E-state index contributed by atoms with van der Waals surface area (Å²) in [6.07, 6.45) is 2.60. The predicted molar refractivity (Wildman–Crippen MR) is 92.2 cm³/mol. The summed E-state index contributed by atoms with van der Waals surface area (Å²) in [4.78, 5) is 18.5. The molecule has 1 aliphatic rings. The molecule has 7 heteroatoms. The standard InChI is InChI=1S/C18H24N4O3/c1-3-22-17(15-11-7-8-12-21(15)18(23)24-2)19-16(20-22)13-25-14-9-5-4-6-10-14/h4-6,9-10,15H,3,7-8,11-13H2,1-2H3. The average molecular weight is 344 g/mol. The van der Waals surface area contributed by atoms with E-state index in [2.05, 4.69) is 10.1 Å². The molecule has 0 bridgehead atoms. The van der Waals surface area contributed by atoms with Crippen LogP contribution in [0.15, 0.2) is 30.3 Å². The normalized spacial score (nSPS) is 17.4. The first-order valence-electron chi connectivity index (χ1n) is 8.69. The molecule has 1 fully saturated rings. The zero-order valence-electron chi connectivity index (χ0n) is 14.7. The first-order valence-corrected chi connectivity index (χ1v) is 8.69. The molecular weight excluding hydrogens is 320 g/mol. The van der Waals surface area contributed by atoms with Crippen molar-refractivity contribution < 1.29 is 14.3 Å². The van der Waals surface area contributed by atoms with Gasteiger partial charge in [-0.25, -0.2) is 14.5 Å². The van der Waals surface area contributed by atoms with Crippen LogP contribution < -0.4 is 4.74 Å². The van der Waals surface area contributed by atoms with Crippen LogP contribution in [0.2, 0.25) is 0 Å². The zero-order chi connectivity index (χ0) is 17.6. The van der Waals surface area contributed by atoms with Gasteiger partial charge in [0.2, 0.25) is 0 Å². The van der Waals surface area contributed by atoms with E-state index < -0.39 is 0 Å². The number of ether oxygens (including phenoxy) is 2. The largest absolute Gasteiger partial charge is 0.486 e. The molecule has 1 atom stereocenters. The summed E-state index contributed by atoms with van der Waals surface area (Å²) in [6, 6.07) is 9.50. The van der Waals surface area contributed by atoms with Crippen LogP contribution in [0.4, 0.5) is 4.79 Å². The van der Waals surface area contributed by atoms with Crippen molar-refractivity contribution in [2.45, 2.75) is 45.4 Å². The third kappa shape index (κ3) is 3.92. The second kappa shape index (κ2) is 8.00. The molecule has 1 aromatic carbocycles. The molecule has 2 heterocycles. The lowest BCUT2D eigenvalue weighted by molar-refractivity contribution is 0.0855. The molecule has 1 aliphatic heterocycles. The maximum absolute atomic E-state index is 12.1. The molecule has 134 valence electrons. The van der Waals surface area contributed by atoms with Crippen LogP contribution in [0.5, 0.6) is 5.75 Å². The topological polar surface area (TPSA) is 69.5 Å². The number of hydrogen-bond donors (Lipinski definition) is 0. The van der Waals surface area contributed by atoms with E-state index in [1.165, 1.54) is 7.11 Å². The van der Waals surface area contributed by atoms with E-state index in [1.807, 2.05) is 41.9 Å². The van der Waals surface area contributed by atoms with E-state index in [1.54, 1.807) is 4.90 Å². The summed E-state index contributed by atoms with van der Waals surface area (Å²) in [5.74, 6) is 2.21. The lowest BCUT2D eigenvalue weighted by atomic mass is 10.0. The fraction of sp³-hybridized carbons (Fsp3) is 0.500. The first kappa shape index (κ1) is 17.3. The van der Waals surface area contributed by atoms with Gasteiger partial charge < -0.3 is 9.47 Å². The number of amides is 1. The summed E-state index contributed by atoms with van der Waals surface area (Å²) < 4.78 is 12.5. The van der Waals surface area contributed by atoms with Gasteiger partial charge in [-0.2, -0.15) is 5.10 Å². The summed E-state index contributed by atoms with van der Waals surface area (Å²) in [6.45, 7) is 3.70. The minimum Gasteiger partial charge on any atom is -0.486 e. The number of nitrogens with zero attached hydrogens (tertiary/aromatic N) is 4. The number of aryl methyl sites for hydroxylation is 1. The Bertz CT molecular complexity index is 702. The van der Waals surface area contributed by atoms with Crippen LogP contribution >= 0.6 is 0 Å². The molecule has 3 rings (SSSR count). The number of piperidine rings is 1. The molecule has 1 aromatic heterocycles. The van der Waals surface area contributed by atoms with Gasteiger partial charge in [-0.15, -0.1) is 0 Å². The second-order valence-electron chi connectivity index (χ2n) is 5.98. The van der Waals surface area contributed by atoms with E-state index >= 15 is 0 Å². The average Bonchev–Trinajstić information content (AvgIpc) is 3.10.